The number of fused-ring (bicyclic) bond motifs is 1. The molecule has 1 heterocycles. The van der Waals surface area contributed by atoms with Gasteiger partial charge >= 0.3 is 0 Å². The summed E-state index contributed by atoms with van der Waals surface area (Å²) in [6, 6.07) is 19.6. The van der Waals surface area contributed by atoms with E-state index in [1.54, 1.807) is 48.5 Å². The predicted octanol–water partition coefficient (Wildman–Crippen LogP) is 4.04. The Bertz CT molecular complexity index is 1340. The highest BCUT2D eigenvalue weighted by molar-refractivity contribution is 7.92. The van der Waals surface area contributed by atoms with E-state index >= 15 is 0 Å². The second-order valence-corrected chi connectivity index (χ2v) is 8.16. The summed E-state index contributed by atoms with van der Waals surface area (Å²) in [5.74, 6) is 0. The molecule has 0 radical (unpaired) electrons. The van der Waals surface area contributed by atoms with Crippen molar-refractivity contribution in [1.82, 2.24) is 9.97 Å². The van der Waals surface area contributed by atoms with E-state index < -0.39 is 15.6 Å². The number of aromatic nitrogens is 2. The van der Waals surface area contributed by atoms with Crippen LogP contribution in [0, 0.1) is 0 Å². The Morgan fingerprint density at radius 3 is 2.43 bits per heavy atom. The summed E-state index contributed by atoms with van der Waals surface area (Å²) < 4.78 is 28.0. The zero-order valence-corrected chi connectivity index (χ0v) is 16.0. The van der Waals surface area contributed by atoms with Gasteiger partial charge in [-0.25, -0.2) is 13.4 Å². The molecule has 0 amide bonds. The molecule has 0 saturated carbocycles. The number of hydrogen-bond acceptors (Lipinski definition) is 4. The summed E-state index contributed by atoms with van der Waals surface area (Å²) in [5.41, 5.74) is 1.30. The van der Waals surface area contributed by atoms with E-state index in [0.717, 1.165) is 0 Å². The molecule has 4 aromatic rings. The molecule has 0 spiro atoms. The van der Waals surface area contributed by atoms with Crippen molar-refractivity contribution in [3.8, 4) is 11.3 Å². The number of aromatic amines is 1. The zero-order valence-electron chi connectivity index (χ0n) is 14.4. The third kappa shape index (κ3) is 3.49. The molecule has 4 rings (SSSR count). The highest BCUT2D eigenvalue weighted by Crippen LogP contribution is 2.30. The third-order valence-electron chi connectivity index (χ3n) is 4.13. The highest BCUT2D eigenvalue weighted by atomic mass is 35.5. The van der Waals surface area contributed by atoms with E-state index in [4.69, 9.17) is 11.6 Å². The number of benzene rings is 3. The molecular formula is C20H14ClN3O3S. The van der Waals surface area contributed by atoms with Crippen molar-refractivity contribution < 1.29 is 8.42 Å². The van der Waals surface area contributed by atoms with Crippen LogP contribution in [0.25, 0.3) is 22.3 Å². The number of halogens is 1. The number of hydrogen-bond donors (Lipinski definition) is 2. The van der Waals surface area contributed by atoms with Gasteiger partial charge in [-0.2, -0.15) is 0 Å². The summed E-state index contributed by atoms with van der Waals surface area (Å²) in [6.45, 7) is 0. The normalized spacial score (nSPS) is 11.5. The minimum Gasteiger partial charge on any atom is -0.319 e. The van der Waals surface area contributed by atoms with E-state index in [1.807, 2.05) is 0 Å². The Morgan fingerprint density at radius 1 is 0.929 bits per heavy atom. The smallest absolute Gasteiger partial charge is 0.275 e. The van der Waals surface area contributed by atoms with Gasteiger partial charge in [-0.1, -0.05) is 41.9 Å². The number of nitrogens with zero attached hydrogens (tertiary/aromatic N) is 1. The van der Waals surface area contributed by atoms with E-state index in [2.05, 4.69) is 14.7 Å². The fourth-order valence-electron chi connectivity index (χ4n) is 2.82. The van der Waals surface area contributed by atoms with Gasteiger partial charge in [-0.05, 0) is 42.5 Å². The minimum atomic E-state index is -3.85. The Hall–Kier alpha value is -3.16. The Kier molecular flexibility index (Phi) is 4.62. The van der Waals surface area contributed by atoms with Gasteiger partial charge in [0.25, 0.3) is 15.6 Å². The van der Waals surface area contributed by atoms with Crippen LogP contribution in [0.2, 0.25) is 5.02 Å². The van der Waals surface area contributed by atoms with Crippen molar-refractivity contribution in [3.63, 3.8) is 0 Å². The molecule has 0 aliphatic heterocycles. The van der Waals surface area contributed by atoms with Crippen molar-refractivity contribution in [2.45, 2.75) is 4.90 Å². The lowest BCUT2D eigenvalue weighted by Gasteiger charge is -2.13. The van der Waals surface area contributed by atoms with Crippen LogP contribution in [-0.4, -0.2) is 18.4 Å². The van der Waals surface area contributed by atoms with E-state index in [0.29, 0.717) is 21.6 Å². The lowest BCUT2D eigenvalue weighted by molar-refractivity contribution is 0.601. The molecule has 6 nitrogen and oxygen atoms in total. The molecule has 0 fully saturated rings. The van der Waals surface area contributed by atoms with Gasteiger partial charge in [0.2, 0.25) is 0 Å². The lowest BCUT2D eigenvalue weighted by atomic mass is 10.1. The monoisotopic (exact) mass is 411 g/mol. The fourth-order valence-corrected chi connectivity index (χ4v) is 4.09. The van der Waals surface area contributed by atoms with Crippen molar-refractivity contribution in [2.24, 2.45) is 0 Å². The summed E-state index contributed by atoms with van der Waals surface area (Å²) in [6.07, 6.45) is 0. The van der Waals surface area contributed by atoms with Crippen LogP contribution in [0.3, 0.4) is 0 Å². The van der Waals surface area contributed by atoms with Gasteiger partial charge in [-0.15, -0.1) is 0 Å². The zero-order chi connectivity index (χ0) is 19.7. The fraction of sp³-hybridized carbons (Fsp3) is 0. The Labute approximate surface area is 165 Å². The van der Waals surface area contributed by atoms with E-state index in [1.165, 1.54) is 24.3 Å². The first-order valence-corrected chi connectivity index (χ1v) is 10.2. The average molecular weight is 412 g/mol. The molecule has 0 unspecified atom stereocenters. The molecule has 140 valence electrons. The standard InChI is InChI=1S/C20H14ClN3O3S/c21-13-10-11-16(24-28(26,27)14-6-2-1-3-7-14)15(12-13)19-20(25)23-18-9-5-4-8-17(18)22-19/h1-12,24H,(H,23,25). The molecular weight excluding hydrogens is 398 g/mol. The van der Waals surface area contributed by atoms with Crippen LogP contribution >= 0.6 is 11.6 Å². The van der Waals surface area contributed by atoms with Crippen LogP contribution in [0.4, 0.5) is 5.69 Å². The van der Waals surface area contributed by atoms with Crippen LogP contribution < -0.4 is 10.3 Å². The maximum Gasteiger partial charge on any atom is 0.275 e. The van der Waals surface area contributed by atoms with Gasteiger partial charge in [0.1, 0.15) is 5.69 Å². The summed E-state index contributed by atoms with van der Waals surface area (Å²) >= 11 is 6.11. The molecule has 0 aliphatic rings. The highest BCUT2D eigenvalue weighted by Gasteiger charge is 2.19. The van der Waals surface area contributed by atoms with Gasteiger partial charge in [0.15, 0.2) is 0 Å². The number of sulfonamides is 1. The van der Waals surface area contributed by atoms with Gasteiger partial charge < -0.3 is 4.98 Å². The largest absolute Gasteiger partial charge is 0.319 e. The first kappa shape index (κ1) is 18.2. The number of rotatable bonds is 4. The lowest BCUT2D eigenvalue weighted by Crippen LogP contribution is -2.16. The second kappa shape index (κ2) is 7.10. The summed E-state index contributed by atoms with van der Waals surface area (Å²) in [4.78, 5) is 19.9. The van der Waals surface area contributed by atoms with Crippen LogP contribution in [0.5, 0.6) is 0 Å². The number of nitrogens with one attached hydrogen (secondary N) is 2. The molecule has 0 saturated heterocycles. The quantitative estimate of drug-likeness (QED) is 0.530. The van der Waals surface area contributed by atoms with Crippen molar-refractivity contribution in [3.05, 3.63) is 88.2 Å². The van der Waals surface area contributed by atoms with Gasteiger partial charge in [0, 0.05) is 10.6 Å². The predicted molar refractivity (Wildman–Crippen MR) is 110 cm³/mol. The number of para-hydroxylation sites is 2. The molecule has 0 atom stereocenters. The first-order valence-electron chi connectivity index (χ1n) is 8.31. The van der Waals surface area contributed by atoms with E-state index in [9.17, 15) is 13.2 Å². The molecule has 0 bridgehead atoms. The van der Waals surface area contributed by atoms with Crippen molar-refractivity contribution in [1.29, 1.82) is 0 Å². The van der Waals surface area contributed by atoms with Crippen LogP contribution in [-0.2, 0) is 10.0 Å². The molecule has 3 aromatic carbocycles. The van der Waals surface area contributed by atoms with E-state index in [-0.39, 0.29) is 16.3 Å². The maximum atomic E-state index is 12.7. The summed E-state index contributed by atoms with van der Waals surface area (Å²) in [7, 11) is -3.85. The molecule has 1 aromatic heterocycles. The molecule has 8 heteroatoms. The number of anilines is 1. The first-order chi connectivity index (χ1) is 13.4. The van der Waals surface area contributed by atoms with Crippen LogP contribution in [0.15, 0.2) is 82.5 Å². The van der Waals surface area contributed by atoms with Crippen molar-refractivity contribution >= 4 is 38.3 Å². The van der Waals surface area contributed by atoms with Gasteiger partial charge in [-0.3, -0.25) is 9.52 Å². The van der Waals surface area contributed by atoms with Crippen molar-refractivity contribution in [2.75, 3.05) is 4.72 Å². The Morgan fingerprint density at radius 2 is 1.64 bits per heavy atom. The SMILES string of the molecule is O=c1[nH]c2ccccc2nc1-c1cc(Cl)ccc1NS(=O)(=O)c1ccccc1. The topological polar surface area (TPSA) is 91.9 Å². The summed E-state index contributed by atoms with van der Waals surface area (Å²) in [5, 5.41) is 0.354. The van der Waals surface area contributed by atoms with Crippen LogP contribution in [0.1, 0.15) is 0 Å². The molecule has 0 aliphatic carbocycles. The number of H-pyrrole nitrogens is 1. The third-order valence-corrected chi connectivity index (χ3v) is 5.75. The minimum absolute atomic E-state index is 0.0759. The maximum absolute atomic E-state index is 12.7. The second-order valence-electron chi connectivity index (χ2n) is 6.04. The molecule has 28 heavy (non-hydrogen) atoms. The Balaban J connectivity index is 1.87. The average Bonchev–Trinajstić information content (AvgIpc) is 2.69. The molecule has 2 N–H and O–H groups in total. The van der Waals surface area contributed by atoms with Gasteiger partial charge in [0.05, 0.1) is 21.6 Å².